The lowest BCUT2D eigenvalue weighted by atomic mass is 9.96. The molecule has 1 heterocycles. The van der Waals surface area contributed by atoms with Crippen LogP contribution in [0, 0.1) is 0 Å². The lowest BCUT2D eigenvalue weighted by Gasteiger charge is -2.27. The number of hydrogen-bond acceptors (Lipinski definition) is 3. The molecule has 22 heavy (non-hydrogen) atoms. The minimum atomic E-state index is -0.0418. The summed E-state index contributed by atoms with van der Waals surface area (Å²) in [6.07, 6.45) is 0.653. The number of hydrazone groups is 1. The van der Waals surface area contributed by atoms with E-state index >= 15 is 0 Å². The first-order chi connectivity index (χ1) is 10.8. The number of hydrogen-bond donors (Lipinski definition) is 2. The van der Waals surface area contributed by atoms with Crippen LogP contribution >= 0.6 is 12.2 Å². The molecule has 2 aromatic rings. The number of thiocarbonyl (C=S) groups is 1. The molecule has 0 radical (unpaired) electrons. The molecule has 0 saturated heterocycles. The molecule has 0 spiro atoms. The molecule has 0 aromatic heterocycles. The second-order valence-corrected chi connectivity index (χ2v) is 5.38. The van der Waals surface area contributed by atoms with Gasteiger partial charge in [-0.3, -0.25) is 5.43 Å². The van der Waals surface area contributed by atoms with Gasteiger partial charge in [-0.05, 0) is 29.9 Å². The fourth-order valence-electron chi connectivity index (χ4n) is 2.42. The SMILES string of the molecule is CNC(=S)NN=C1CC(c2ccccc2)Oc2ccccc21. The summed E-state index contributed by atoms with van der Waals surface area (Å²) in [6, 6.07) is 18.1. The number of nitrogens with zero attached hydrogens (tertiary/aromatic N) is 1. The third-order valence-electron chi connectivity index (χ3n) is 3.54. The first-order valence-corrected chi connectivity index (χ1v) is 7.54. The summed E-state index contributed by atoms with van der Waals surface area (Å²) in [6.45, 7) is 0. The lowest BCUT2D eigenvalue weighted by molar-refractivity contribution is 0.206. The average molecular weight is 311 g/mol. The standard InChI is InChI=1S/C17H17N3OS/c1-18-17(22)20-19-14-11-16(12-7-3-2-4-8-12)21-15-10-6-5-9-13(14)15/h2-10,16H,11H2,1H3,(H2,18,20,22). The average Bonchev–Trinajstić information content (AvgIpc) is 2.59. The van der Waals surface area contributed by atoms with Crippen LogP contribution in [0.3, 0.4) is 0 Å². The highest BCUT2D eigenvalue weighted by atomic mass is 32.1. The number of para-hydroxylation sites is 1. The fourth-order valence-corrected chi connectivity index (χ4v) is 2.47. The van der Waals surface area contributed by atoms with E-state index in [2.05, 4.69) is 28.0 Å². The number of rotatable bonds is 2. The van der Waals surface area contributed by atoms with Crippen LogP contribution in [0.25, 0.3) is 0 Å². The predicted molar refractivity (Wildman–Crippen MR) is 92.2 cm³/mol. The smallest absolute Gasteiger partial charge is 0.186 e. The van der Waals surface area contributed by atoms with E-state index in [4.69, 9.17) is 17.0 Å². The van der Waals surface area contributed by atoms with E-state index in [1.807, 2.05) is 42.5 Å². The second kappa shape index (κ2) is 6.58. The Bertz CT molecular complexity index is 700. The van der Waals surface area contributed by atoms with Gasteiger partial charge < -0.3 is 10.1 Å². The van der Waals surface area contributed by atoms with Crippen molar-refractivity contribution in [3.05, 3.63) is 65.7 Å². The van der Waals surface area contributed by atoms with Gasteiger partial charge in [-0.15, -0.1) is 0 Å². The van der Waals surface area contributed by atoms with Gasteiger partial charge in [-0.1, -0.05) is 42.5 Å². The third-order valence-corrected chi connectivity index (χ3v) is 3.83. The van der Waals surface area contributed by atoms with Crippen molar-refractivity contribution in [3.8, 4) is 5.75 Å². The second-order valence-electron chi connectivity index (χ2n) is 4.97. The molecule has 2 N–H and O–H groups in total. The maximum atomic E-state index is 6.12. The van der Waals surface area contributed by atoms with Crippen molar-refractivity contribution in [1.29, 1.82) is 0 Å². The van der Waals surface area contributed by atoms with E-state index in [0.29, 0.717) is 11.5 Å². The monoisotopic (exact) mass is 311 g/mol. The minimum absolute atomic E-state index is 0.0418. The molecule has 1 aliphatic heterocycles. The Morgan fingerprint density at radius 2 is 1.86 bits per heavy atom. The van der Waals surface area contributed by atoms with E-state index in [0.717, 1.165) is 22.6 Å². The number of nitrogens with one attached hydrogen (secondary N) is 2. The molecule has 1 atom stereocenters. The molecule has 1 unspecified atom stereocenters. The van der Waals surface area contributed by atoms with Crippen molar-refractivity contribution in [3.63, 3.8) is 0 Å². The predicted octanol–water partition coefficient (Wildman–Crippen LogP) is 3.01. The zero-order valence-corrected chi connectivity index (χ0v) is 13.1. The summed E-state index contributed by atoms with van der Waals surface area (Å²) in [5.74, 6) is 0.846. The molecule has 5 heteroatoms. The largest absolute Gasteiger partial charge is 0.485 e. The van der Waals surface area contributed by atoms with Gasteiger partial charge in [0.25, 0.3) is 0 Å². The van der Waals surface area contributed by atoms with Gasteiger partial charge in [0.05, 0.1) is 5.71 Å². The Kier molecular flexibility index (Phi) is 4.34. The van der Waals surface area contributed by atoms with Gasteiger partial charge in [0.2, 0.25) is 0 Å². The molecule has 0 fully saturated rings. The highest BCUT2D eigenvalue weighted by molar-refractivity contribution is 7.80. The van der Waals surface area contributed by atoms with Crippen LogP contribution in [0.4, 0.5) is 0 Å². The molecule has 112 valence electrons. The molecular formula is C17H17N3OS. The quantitative estimate of drug-likeness (QED) is 0.661. The lowest BCUT2D eigenvalue weighted by Crippen LogP contribution is -2.31. The molecule has 0 amide bonds. The van der Waals surface area contributed by atoms with Crippen molar-refractivity contribution in [2.45, 2.75) is 12.5 Å². The van der Waals surface area contributed by atoms with E-state index in [1.165, 1.54) is 0 Å². The molecule has 0 bridgehead atoms. The van der Waals surface area contributed by atoms with Crippen molar-refractivity contribution < 1.29 is 4.74 Å². The van der Waals surface area contributed by atoms with Crippen LogP contribution in [0.2, 0.25) is 0 Å². The van der Waals surface area contributed by atoms with Crippen molar-refractivity contribution in [2.75, 3.05) is 7.05 Å². The summed E-state index contributed by atoms with van der Waals surface area (Å²) in [5.41, 5.74) is 5.95. The van der Waals surface area contributed by atoms with Gasteiger partial charge >= 0.3 is 0 Å². The molecule has 1 aliphatic rings. The van der Waals surface area contributed by atoms with Gasteiger partial charge in [0, 0.05) is 19.0 Å². The summed E-state index contributed by atoms with van der Waals surface area (Å²) in [7, 11) is 1.76. The van der Waals surface area contributed by atoms with Crippen LogP contribution in [0.5, 0.6) is 5.75 Å². The molecule has 4 nitrogen and oxygen atoms in total. The summed E-state index contributed by atoms with van der Waals surface area (Å²) in [4.78, 5) is 0. The number of benzene rings is 2. The van der Waals surface area contributed by atoms with Gasteiger partial charge in [-0.2, -0.15) is 5.10 Å². The zero-order valence-electron chi connectivity index (χ0n) is 12.2. The van der Waals surface area contributed by atoms with Crippen LogP contribution in [0.1, 0.15) is 23.7 Å². The molecule has 0 aliphatic carbocycles. The summed E-state index contributed by atoms with van der Waals surface area (Å²) < 4.78 is 6.12. The Labute approximate surface area is 135 Å². The summed E-state index contributed by atoms with van der Waals surface area (Å²) in [5, 5.41) is 7.80. The number of ether oxygens (including phenoxy) is 1. The van der Waals surface area contributed by atoms with Crippen LogP contribution in [-0.2, 0) is 0 Å². The molecule has 3 rings (SSSR count). The Hall–Kier alpha value is -2.40. The van der Waals surface area contributed by atoms with Gasteiger partial charge in [0.1, 0.15) is 11.9 Å². The Morgan fingerprint density at radius 1 is 1.14 bits per heavy atom. The molecule has 2 aromatic carbocycles. The van der Waals surface area contributed by atoms with E-state index < -0.39 is 0 Å². The summed E-state index contributed by atoms with van der Waals surface area (Å²) >= 11 is 5.08. The van der Waals surface area contributed by atoms with Gasteiger partial charge in [-0.25, -0.2) is 0 Å². The van der Waals surface area contributed by atoms with E-state index in [-0.39, 0.29) is 6.10 Å². The number of fused-ring (bicyclic) bond motifs is 1. The molecular weight excluding hydrogens is 294 g/mol. The maximum absolute atomic E-state index is 6.12. The Morgan fingerprint density at radius 3 is 2.64 bits per heavy atom. The normalized spacial score (nSPS) is 18.2. The van der Waals surface area contributed by atoms with E-state index in [1.54, 1.807) is 7.05 Å². The topological polar surface area (TPSA) is 45.7 Å². The van der Waals surface area contributed by atoms with Gasteiger partial charge in [0.15, 0.2) is 5.11 Å². The minimum Gasteiger partial charge on any atom is -0.485 e. The van der Waals surface area contributed by atoms with Crippen molar-refractivity contribution in [1.82, 2.24) is 10.7 Å². The van der Waals surface area contributed by atoms with E-state index in [9.17, 15) is 0 Å². The highest BCUT2D eigenvalue weighted by Crippen LogP contribution is 2.34. The van der Waals surface area contributed by atoms with Crippen LogP contribution < -0.4 is 15.5 Å². The van der Waals surface area contributed by atoms with Crippen LogP contribution in [-0.4, -0.2) is 17.9 Å². The van der Waals surface area contributed by atoms with Crippen molar-refractivity contribution >= 4 is 23.0 Å². The third kappa shape index (κ3) is 3.09. The first-order valence-electron chi connectivity index (χ1n) is 7.13. The Balaban J connectivity index is 1.93. The first kappa shape index (κ1) is 14.5. The zero-order chi connectivity index (χ0) is 15.4. The maximum Gasteiger partial charge on any atom is 0.186 e. The van der Waals surface area contributed by atoms with Crippen LogP contribution in [0.15, 0.2) is 59.7 Å². The molecule has 0 saturated carbocycles. The fraction of sp³-hybridized carbons (Fsp3) is 0.176. The highest BCUT2D eigenvalue weighted by Gasteiger charge is 2.26. The van der Waals surface area contributed by atoms with Crippen molar-refractivity contribution in [2.24, 2.45) is 5.10 Å².